The predicted octanol–water partition coefficient (Wildman–Crippen LogP) is 4.60. The number of likely N-dealkylation sites (tertiary alicyclic amines) is 1. The zero-order valence-corrected chi connectivity index (χ0v) is 16.7. The molecule has 2 fully saturated rings. The molecule has 2 aliphatic rings. The molecule has 2 aliphatic heterocycles. The lowest BCUT2D eigenvalue weighted by molar-refractivity contribution is 0.142. The van der Waals surface area contributed by atoms with Crippen molar-refractivity contribution in [3.8, 4) is 11.1 Å². The largest absolute Gasteiger partial charge is 0.384 e. The van der Waals surface area contributed by atoms with Gasteiger partial charge < -0.3 is 9.64 Å². The van der Waals surface area contributed by atoms with Gasteiger partial charge in [-0.2, -0.15) is 0 Å². The molecule has 0 amide bonds. The Hall–Kier alpha value is -1.84. The lowest BCUT2D eigenvalue weighted by Gasteiger charge is -2.38. The third-order valence-electron chi connectivity index (χ3n) is 6.30. The molecule has 0 aromatic heterocycles. The average Bonchev–Trinajstić information content (AvgIpc) is 3.18. The Bertz CT molecular complexity index is 734. The van der Waals surface area contributed by atoms with Crippen LogP contribution in [0.4, 0.5) is 5.69 Å². The number of benzene rings is 2. The van der Waals surface area contributed by atoms with Crippen LogP contribution in [0, 0.1) is 12.8 Å². The first-order valence-electron chi connectivity index (χ1n) is 10.4. The maximum absolute atomic E-state index is 5.36. The van der Waals surface area contributed by atoms with Crippen molar-refractivity contribution in [3.05, 3.63) is 54.1 Å². The minimum absolute atomic E-state index is 0.735. The van der Waals surface area contributed by atoms with E-state index in [0.717, 1.165) is 31.7 Å². The van der Waals surface area contributed by atoms with E-state index in [1.165, 1.54) is 54.7 Å². The Labute approximate surface area is 163 Å². The predicted molar refractivity (Wildman–Crippen MR) is 113 cm³/mol. The number of piperidine rings is 1. The summed E-state index contributed by atoms with van der Waals surface area (Å²) in [6.07, 6.45) is 3.84. The molecule has 0 saturated carbocycles. The molecule has 0 radical (unpaired) electrons. The quantitative estimate of drug-likeness (QED) is 0.771. The van der Waals surface area contributed by atoms with E-state index in [9.17, 15) is 0 Å². The smallest absolute Gasteiger partial charge is 0.0503 e. The number of aryl methyl sites for hydroxylation is 1. The second kappa shape index (κ2) is 8.45. The van der Waals surface area contributed by atoms with Gasteiger partial charge in [0.05, 0.1) is 6.61 Å². The molecule has 0 aliphatic carbocycles. The van der Waals surface area contributed by atoms with Gasteiger partial charge in [0.15, 0.2) is 0 Å². The van der Waals surface area contributed by atoms with E-state index in [1.807, 2.05) is 7.11 Å². The van der Waals surface area contributed by atoms with E-state index in [-0.39, 0.29) is 0 Å². The normalized spacial score (nSPS) is 21.7. The Morgan fingerprint density at radius 2 is 1.70 bits per heavy atom. The van der Waals surface area contributed by atoms with Crippen LogP contribution in [0.15, 0.2) is 48.5 Å². The minimum Gasteiger partial charge on any atom is -0.384 e. The van der Waals surface area contributed by atoms with Crippen LogP contribution < -0.4 is 4.90 Å². The van der Waals surface area contributed by atoms with Gasteiger partial charge in [-0.25, -0.2) is 0 Å². The molecule has 3 nitrogen and oxygen atoms in total. The summed E-state index contributed by atoms with van der Waals surface area (Å²) >= 11 is 0. The van der Waals surface area contributed by atoms with Crippen LogP contribution in [0.25, 0.3) is 11.1 Å². The molecule has 27 heavy (non-hydrogen) atoms. The fraction of sp³-hybridized carbons (Fsp3) is 0.500. The highest BCUT2D eigenvalue weighted by atomic mass is 16.5. The number of anilines is 1. The van der Waals surface area contributed by atoms with E-state index >= 15 is 0 Å². The lowest BCUT2D eigenvalue weighted by Crippen LogP contribution is -2.44. The van der Waals surface area contributed by atoms with Crippen LogP contribution in [0.5, 0.6) is 0 Å². The molecule has 0 bridgehead atoms. The molecule has 2 aromatic rings. The van der Waals surface area contributed by atoms with Crippen LogP contribution >= 0.6 is 0 Å². The molecule has 144 valence electrons. The number of methoxy groups -OCH3 is 1. The standard InChI is InChI=1S/C24H32N2O/c1-19-6-8-21(9-7-19)22-4-3-5-24(16-22)25-14-11-23(12-15-25)26-13-10-20(17-26)18-27-2/h3-9,16,20,23H,10-15,17-18H2,1-2H3/t20-/m1/s1. The van der Waals surface area contributed by atoms with Crippen molar-refractivity contribution >= 4 is 5.69 Å². The van der Waals surface area contributed by atoms with E-state index in [0.29, 0.717) is 0 Å². The zero-order valence-electron chi connectivity index (χ0n) is 16.7. The summed E-state index contributed by atoms with van der Waals surface area (Å²) in [6, 6.07) is 18.6. The first-order chi connectivity index (χ1) is 13.2. The van der Waals surface area contributed by atoms with Crippen molar-refractivity contribution in [2.45, 2.75) is 32.2 Å². The molecule has 2 saturated heterocycles. The van der Waals surface area contributed by atoms with Gasteiger partial charge in [-0.15, -0.1) is 0 Å². The van der Waals surface area contributed by atoms with Crippen LogP contribution in [0.1, 0.15) is 24.8 Å². The number of nitrogens with zero attached hydrogens (tertiary/aromatic N) is 2. The fourth-order valence-electron chi connectivity index (χ4n) is 4.68. The third kappa shape index (κ3) is 4.36. The summed E-state index contributed by atoms with van der Waals surface area (Å²) < 4.78 is 5.36. The van der Waals surface area contributed by atoms with Crippen molar-refractivity contribution in [2.75, 3.05) is 44.8 Å². The zero-order chi connectivity index (χ0) is 18.6. The van der Waals surface area contributed by atoms with E-state index in [1.54, 1.807) is 0 Å². The Kier molecular flexibility index (Phi) is 5.80. The van der Waals surface area contributed by atoms with Gasteiger partial charge in [0, 0.05) is 38.5 Å². The first-order valence-corrected chi connectivity index (χ1v) is 10.4. The van der Waals surface area contributed by atoms with Crippen LogP contribution in [-0.2, 0) is 4.74 Å². The number of hydrogen-bond acceptors (Lipinski definition) is 3. The Morgan fingerprint density at radius 1 is 0.926 bits per heavy atom. The summed E-state index contributed by atoms with van der Waals surface area (Å²) in [4.78, 5) is 5.28. The molecule has 4 rings (SSSR count). The van der Waals surface area contributed by atoms with E-state index < -0.39 is 0 Å². The van der Waals surface area contributed by atoms with Crippen molar-refractivity contribution in [3.63, 3.8) is 0 Å². The summed E-state index contributed by atoms with van der Waals surface area (Å²) in [5.41, 5.74) is 5.30. The van der Waals surface area contributed by atoms with Gasteiger partial charge >= 0.3 is 0 Å². The highest BCUT2D eigenvalue weighted by Gasteiger charge is 2.30. The number of rotatable bonds is 5. The first kappa shape index (κ1) is 18.5. The number of hydrogen-bond donors (Lipinski definition) is 0. The second-order valence-corrected chi connectivity index (χ2v) is 8.24. The fourth-order valence-corrected chi connectivity index (χ4v) is 4.68. The highest BCUT2D eigenvalue weighted by molar-refractivity contribution is 5.68. The molecule has 3 heteroatoms. The van der Waals surface area contributed by atoms with E-state index in [4.69, 9.17) is 4.74 Å². The maximum atomic E-state index is 5.36. The summed E-state index contributed by atoms with van der Waals surface area (Å²) in [7, 11) is 1.83. The highest BCUT2D eigenvalue weighted by Crippen LogP contribution is 2.29. The average molecular weight is 365 g/mol. The van der Waals surface area contributed by atoms with Crippen molar-refractivity contribution < 1.29 is 4.74 Å². The third-order valence-corrected chi connectivity index (χ3v) is 6.30. The lowest BCUT2D eigenvalue weighted by atomic mass is 10.0. The number of ether oxygens (including phenoxy) is 1. The maximum Gasteiger partial charge on any atom is 0.0503 e. The molecule has 0 spiro atoms. The van der Waals surface area contributed by atoms with Gasteiger partial charge in [-0.3, -0.25) is 4.90 Å². The van der Waals surface area contributed by atoms with Gasteiger partial charge in [0.2, 0.25) is 0 Å². The second-order valence-electron chi connectivity index (χ2n) is 8.24. The summed E-state index contributed by atoms with van der Waals surface area (Å²) in [5.74, 6) is 0.735. The van der Waals surface area contributed by atoms with Gasteiger partial charge in [0.1, 0.15) is 0 Å². The summed E-state index contributed by atoms with van der Waals surface area (Å²) in [6.45, 7) is 7.85. The summed E-state index contributed by atoms with van der Waals surface area (Å²) in [5, 5.41) is 0. The van der Waals surface area contributed by atoms with Crippen molar-refractivity contribution in [1.82, 2.24) is 4.90 Å². The Balaban J connectivity index is 1.37. The molecule has 2 aromatic carbocycles. The van der Waals surface area contributed by atoms with Crippen LogP contribution in [-0.4, -0.2) is 50.8 Å². The monoisotopic (exact) mass is 364 g/mol. The van der Waals surface area contributed by atoms with Crippen LogP contribution in [0.2, 0.25) is 0 Å². The van der Waals surface area contributed by atoms with Gasteiger partial charge in [0.25, 0.3) is 0 Å². The van der Waals surface area contributed by atoms with Crippen LogP contribution in [0.3, 0.4) is 0 Å². The molecule has 0 N–H and O–H groups in total. The molecule has 0 unspecified atom stereocenters. The molecule has 2 heterocycles. The molecule has 1 atom stereocenters. The minimum atomic E-state index is 0.735. The van der Waals surface area contributed by atoms with Gasteiger partial charge in [-0.05, 0) is 61.9 Å². The molecular weight excluding hydrogens is 332 g/mol. The Morgan fingerprint density at radius 3 is 2.44 bits per heavy atom. The van der Waals surface area contributed by atoms with Crippen molar-refractivity contribution in [2.24, 2.45) is 5.92 Å². The topological polar surface area (TPSA) is 15.7 Å². The SMILES string of the molecule is COC[C@@H]1CCN(C2CCN(c3cccc(-c4ccc(C)cc4)c3)CC2)C1. The van der Waals surface area contributed by atoms with Crippen molar-refractivity contribution in [1.29, 1.82) is 0 Å². The van der Waals surface area contributed by atoms with Gasteiger partial charge in [-0.1, -0.05) is 42.0 Å². The molecular formula is C24H32N2O. The van der Waals surface area contributed by atoms with E-state index in [2.05, 4.69) is 65.3 Å².